The number of nitrogens with zero attached hydrogens (tertiary/aromatic N) is 3. The van der Waals surface area contributed by atoms with Gasteiger partial charge in [0.15, 0.2) is 40.5 Å². The molecule has 0 unspecified atom stereocenters. The van der Waals surface area contributed by atoms with Crippen LogP contribution in [0.25, 0.3) is 76.6 Å². The van der Waals surface area contributed by atoms with Crippen molar-refractivity contribution in [2.75, 3.05) is 0 Å². The van der Waals surface area contributed by atoms with E-state index in [9.17, 15) is 0 Å². The molecule has 5 nitrogen and oxygen atoms in total. The Morgan fingerprint density at radius 1 is 0.407 bits per heavy atom. The molecule has 0 fully saturated rings. The maximum Gasteiger partial charge on any atom is 0.170 e. The van der Waals surface area contributed by atoms with Gasteiger partial charge in [-0.25, -0.2) is 15.0 Å². The molecule has 0 saturated carbocycles. The van der Waals surface area contributed by atoms with Crippen LogP contribution in [0.3, 0.4) is 0 Å². The smallest absolute Gasteiger partial charge is 0.170 e. The Kier molecular flexibility index (Phi) is 6.70. The molecule has 0 saturated heterocycles. The summed E-state index contributed by atoms with van der Waals surface area (Å²) in [7, 11) is 0. The third-order valence-corrected chi connectivity index (χ3v) is 11.9. The minimum atomic E-state index is -0.118. The average molecular weight is 714 g/mol. The molecule has 2 aliphatic rings. The number of fused-ring (bicyclic) bond motifs is 8. The van der Waals surface area contributed by atoms with Gasteiger partial charge in [0.1, 0.15) is 0 Å². The van der Waals surface area contributed by atoms with E-state index in [0.29, 0.717) is 29.0 Å². The molecule has 9 aromatic rings. The maximum atomic E-state index is 6.58. The van der Waals surface area contributed by atoms with Crippen LogP contribution in [-0.2, 0) is 5.41 Å². The normalized spacial score (nSPS) is 13.4. The first kappa shape index (κ1) is 30.9. The van der Waals surface area contributed by atoms with E-state index in [1.54, 1.807) is 11.3 Å². The molecule has 0 N–H and O–H groups in total. The predicted octanol–water partition coefficient (Wildman–Crippen LogP) is 13.1. The van der Waals surface area contributed by atoms with Crippen LogP contribution in [0.4, 0.5) is 0 Å². The zero-order valence-corrected chi connectivity index (χ0v) is 30.3. The second-order valence-corrected chi connectivity index (χ2v) is 15.5. The van der Waals surface area contributed by atoms with E-state index in [4.69, 9.17) is 24.4 Å². The summed E-state index contributed by atoms with van der Waals surface area (Å²) in [4.78, 5) is 15.1. The van der Waals surface area contributed by atoms with E-state index in [0.717, 1.165) is 39.3 Å². The fourth-order valence-electron chi connectivity index (χ4n) is 8.01. The number of hydrogen-bond donors (Lipinski definition) is 0. The van der Waals surface area contributed by atoms with Crippen molar-refractivity contribution in [2.45, 2.75) is 19.3 Å². The first-order valence-electron chi connectivity index (χ1n) is 18.1. The minimum Gasteiger partial charge on any atom is -0.450 e. The number of ether oxygens (including phenoxy) is 2. The maximum absolute atomic E-state index is 6.58. The zero-order valence-electron chi connectivity index (χ0n) is 29.5. The largest absolute Gasteiger partial charge is 0.450 e. The molecule has 7 aromatic carbocycles. The molecule has 11 rings (SSSR count). The van der Waals surface area contributed by atoms with E-state index in [2.05, 4.69) is 123 Å². The number of hydrogen-bond acceptors (Lipinski definition) is 6. The molecule has 0 atom stereocenters. The van der Waals surface area contributed by atoms with Crippen molar-refractivity contribution in [3.05, 3.63) is 163 Å². The van der Waals surface area contributed by atoms with Crippen molar-refractivity contribution in [3.8, 4) is 79.4 Å². The van der Waals surface area contributed by atoms with Gasteiger partial charge in [0.2, 0.25) is 0 Å². The lowest BCUT2D eigenvalue weighted by Crippen LogP contribution is -2.15. The fraction of sp³-hybridized carbons (Fsp3) is 0.0625. The van der Waals surface area contributed by atoms with Crippen LogP contribution in [0.1, 0.15) is 25.0 Å². The summed E-state index contributed by atoms with van der Waals surface area (Å²) in [6, 6.07) is 52.5. The van der Waals surface area contributed by atoms with Gasteiger partial charge in [-0.05, 0) is 75.8 Å². The summed E-state index contributed by atoms with van der Waals surface area (Å²) < 4.78 is 15.5. The van der Waals surface area contributed by atoms with E-state index in [-0.39, 0.29) is 5.41 Å². The third kappa shape index (κ3) is 4.87. The van der Waals surface area contributed by atoms with Gasteiger partial charge in [-0.3, -0.25) is 0 Å². The molecule has 1 aliphatic carbocycles. The Morgan fingerprint density at radius 3 is 1.89 bits per heavy atom. The Labute approximate surface area is 316 Å². The third-order valence-electron chi connectivity index (χ3n) is 10.8. The van der Waals surface area contributed by atoms with Crippen molar-refractivity contribution >= 4 is 31.5 Å². The lowest BCUT2D eigenvalue weighted by atomic mass is 9.82. The highest BCUT2D eigenvalue weighted by atomic mass is 32.1. The second-order valence-electron chi connectivity index (χ2n) is 14.4. The quantitative estimate of drug-likeness (QED) is 0.182. The molecule has 6 heteroatoms. The number of aromatic nitrogens is 3. The molecule has 0 amide bonds. The van der Waals surface area contributed by atoms with Gasteiger partial charge in [0.05, 0.1) is 0 Å². The average Bonchev–Trinajstić information content (AvgIpc) is 3.70. The van der Waals surface area contributed by atoms with E-state index < -0.39 is 0 Å². The number of benzene rings is 7. The van der Waals surface area contributed by atoms with Crippen LogP contribution in [0.5, 0.6) is 23.0 Å². The van der Waals surface area contributed by atoms with E-state index in [1.165, 1.54) is 42.4 Å². The molecular formula is C48H31N3O2S. The highest BCUT2D eigenvalue weighted by Crippen LogP contribution is 2.55. The lowest BCUT2D eigenvalue weighted by molar-refractivity contribution is 0.359. The molecule has 0 bridgehead atoms. The standard InChI is InChI=1S/C48H31N3O2S/c1-48(2)37-17-8-6-15-33(37)36-26-41-42(27-38(36)48)52-39-22-20-30(24-40(39)53-41)29-13-10-14-31(23-29)46-49-45(28-11-4-3-5-12-28)50-47(51-46)32-19-21-35-34-16-7-9-18-43(34)54-44(35)25-32/h3-27H,1-2H3. The molecule has 1 aliphatic heterocycles. The SMILES string of the molecule is CC1(C)c2ccccc2-c2cc3c(cc21)Oc1ccc(-c2cccc(-c4nc(-c5ccccc5)nc(-c5ccc6c(c5)sc5ccccc56)n4)c2)cc1O3. The van der Waals surface area contributed by atoms with Gasteiger partial charge in [-0.15, -0.1) is 11.3 Å². The summed E-state index contributed by atoms with van der Waals surface area (Å²) in [5.41, 5.74) is 9.70. The first-order valence-corrected chi connectivity index (χ1v) is 18.9. The Hall–Kier alpha value is -6.63. The monoisotopic (exact) mass is 713 g/mol. The summed E-state index contributed by atoms with van der Waals surface area (Å²) in [5, 5.41) is 2.51. The van der Waals surface area contributed by atoms with Crippen LogP contribution >= 0.6 is 11.3 Å². The van der Waals surface area contributed by atoms with Crippen LogP contribution in [-0.4, -0.2) is 15.0 Å². The van der Waals surface area contributed by atoms with Crippen LogP contribution < -0.4 is 9.47 Å². The Balaban J connectivity index is 0.967. The molecule has 0 spiro atoms. The first-order chi connectivity index (χ1) is 26.5. The molecule has 3 heterocycles. The van der Waals surface area contributed by atoms with E-state index in [1.807, 2.05) is 42.5 Å². The summed E-state index contributed by atoms with van der Waals surface area (Å²) >= 11 is 1.79. The highest BCUT2D eigenvalue weighted by Gasteiger charge is 2.37. The van der Waals surface area contributed by atoms with Gasteiger partial charge >= 0.3 is 0 Å². The van der Waals surface area contributed by atoms with Crippen molar-refractivity contribution in [1.29, 1.82) is 0 Å². The summed E-state index contributed by atoms with van der Waals surface area (Å²) in [6.45, 7) is 4.54. The van der Waals surface area contributed by atoms with E-state index >= 15 is 0 Å². The second kappa shape index (κ2) is 11.7. The number of rotatable bonds is 4. The van der Waals surface area contributed by atoms with Crippen LogP contribution in [0.2, 0.25) is 0 Å². The summed E-state index contributed by atoms with van der Waals surface area (Å²) in [6.07, 6.45) is 0. The van der Waals surface area contributed by atoms with Crippen LogP contribution in [0.15, 0.2) is 152 Å². The molecule has 0 radical (unpaired) electrons. The van der Waals surface area contributed by atoms with Crippen LogP contribution in [0, 0.1) is 0 Å². The van der Waals surface area contributed by atoms with Gasteiger partial charge in [0, 0.05) is 42.3 Å². The molecule has 54 heavy (non-hydrogen) atoms. The topological polar surface area (TPSA) is 57.1 Å². The van der Waals surface area contributed by atoms with Gasteiger partial charge in [0.25, 0.3) is 0 Å². The van der Waals surface area contributed by atoms with Crippen molar-refractivity contribution in [1.82, 2.24) is 15.0 Å². The fourth-order valence-corrected chi connectivity index (χ4v) is 9.15. The van der Waals surface area contributed by atoms with Gasteiger partial charge in [-0.1, -0.05) is 123 Å². The predicted molar refractivity (Wildman–Crippen MR) is 219 cm³/mol. The zero-order chi connectivity index (χ0) is 36.0. The molecule has 2 aromatic heterocycles. The Morgan fingerprint density at radius 2 is 1.02 bits per heavy atom. The van der Waals surface area contributed by atoms with Crippen molar-refractivity contribution in [3.63, 3.8) is 0 Å². The van der Waals surface area contributed by atoms with Gasteiger partial charge in [-0.2, -0.15) is 0 Å². The summed E-state index contributed by atoms with van der Waals surface area (Å²) in [5.74, 6) is 4.72. The lowest BCUT2D eigenvalue weighted by Gasteiger charge is -2.25. The van der Waals surface area contributed by atoms with Crippen molar-refractivity contribution in [2.24, 2.45) is 0 Å². The van der Waals surface area contributed by atoms with Crippen molar-refractivity contribution < 1.29 is 9.47 Å². The minimum absolute atomic E-state index is 0.118. The van der Waals surface area contributed by atoms with Gasteiger partial charge < -0.3 is 9.47 Å². The molecular weight excluding hydrogens is 683 g/mol. The molecule has 256 valence electrons. The highest BCUT2D eigenvalue weighted by molar-refractivity contribution is 7.25. The Bertz CT molecular complexity index is 2990. The number of thiophene rings is 1.